The number of hydrogen-bond acceptors (Lipinski definition) is 10. The van der Waals surface area contributed by atoms with Crippen LogP contribution < -0.4 is 20.6 Å². The number of halogens is 2. The van der Waals surface area contributed by atoms with E-state index in [4.69, 9.17) is 15.2 Å². The van der Waals surface area contributed by atoms with Gasteiger partial charge in [0.25, 0.3) is 5.91 Å². The van der Waals surface area contributed by atoms with Gasteiger partial charge in [-0.2, -0.15) is 9.78 Å². The zero-order valence-corrected chi connectivity index (χ0v) is 18.4. The van der Waals surface area contributed by atoms with E-state index in [9.17, 15) is 13.6 Å². The van der Waals surface area contributed by atoms with Crippen molar-refractivity contribution in [1.82, 2.24) is 30.7 Å². The number of nitrogen functional groups attached to an aromatic ring is 1. The number of nitrogens with zero attached hydrogens (tertiary/aromatic N) is 6. The molecular formula is C21H18F2N8O4. The minimum Gasteiger partial charge on any atom is -0.496 e. The lowest BCUT2D eigenvalue weighted by molar-refractivity contribution is 0.0949. The fourth-order valence-corrected chi connectivity index (χ4v) is 3.04. The molecule has 0 aliphatic rings. The van der Waals surface area contributed by atoms with Gasteiger partial charge in [0.2, 0.25) is 11.6 Å². The summed E-state index contributed by atoms with van der Waals surface area (Å²) in [6, 6.07) is 8.06. The van der Waals surface area contributed by atoms with E-state index < -0.39 is 17.5 Å². The number of anilines is 1. The highest BCUT2D eigenvalue weighted by atomic mass is 19.1. The summed E-state index contributed by atoms with van der Waals surface area (Å²) in [7, 11) is 1.48. The number of hydrazone groups is 1. The fourth-order valence-electron chi connectivity index (χ4n) is 3.04. The van der Waals surface area contributed by atoms with Gasteiger partial charge in [0, 0.05) is 11.6 Å². The SMILES string of the molecule is COc1ccc(C=NNC(=O)c2nnn(-c3nonc3N)c2C)cc1COc1ccc(F)cc1F. The van der Waals surface area contributed by atoms with Crippen LogP contribution in [0.3, 0.4) is 0 Å². The van der Waals surface area contributed by atoms with Gasteiger partial charge in [-0.25, -0.2) is 18.8 Å². The van der Waals surface area contributed by atoms with Gasteiger partial charge in [0.05, 0.1) is 19.0 Å². The van der Waals surface area contributed by atoms with E-state index in [1.807, 2.05) is 0 Å². The molecule has 2 aromatic carbocycles. The number of carbonyl (C=O) groups is 1. The Bertz CT molecular complexity index is 1400. The number of hydrogen-bond donors (Lipinski definition) is 2. The minimum atomic E-state index is -0.820. The third kappa shape index (κ3) is 5.05. The molecule has 180 valence electrons. The molecule has 0 fully saturated rings. The number of carbonyl (C=O) groups excluding carboxylic acids is 1. The number of nitrogens with two attached hydrogens (primary N) is 1. The van der Waals surface area contributed by atoms with Crippen molar-refractivity contribution in [2.45, 2.75) is 13.5 Å². The number of ether oxygens (including phenoxy) is 2. The third-order valence-electron chi connectivity index (χ3n) is 4.77. The Balaban J connectivity index is 1.44. The molecule has 0 unspecified atom stereocenters. The molecule has 4 aromatic rings. The molecule has 0 bridgehead atoms. The van der Waals surface area contributed by atoms with Crippen molar-refractivity contribution < 1.29 is 27.7 Å². The molecule has 2 heterocycles. The molecule has 0 spiro atoms. The van der Waals surface area contributed by atoms with E-state index in [2.05, 4.69) is 35.8 Å². The van der Waals surface area contributed by atoms with Gasteiger partial charge in [0.15, 0.2) is 17.3 Å². The Hall–Kier alpha value is -4.88. The van der Waals surface area contributed by atoms with Crippen LogP contribution in [0, 0.1) is 18.6 Å². The lowest BCUT2D eigenvalue weighted by Gasteiger charge is -2.11. The quantitative estimate of drug-likeness (QED) is 0.283. The average Bonchev–Trinajstić information content (AvgIpc) is 3.43. The van der Waals surface area contributed by atoms with Crippen LogP contribution in [0.5, 0.6) is 11.5 Å². The van der Waals surface area contributed by atoms with Crippen LogP contribution in [-0.2, 0) is 6.61 Å². The monoisotopic (exact) mass is 484 g/mol. The van der Waals surface area contributed by atoms with Gasteiger partial charge < -0.3 is 15.2 Å². The number of rotatable bonds is 8. The highest BCUT2D eigenvalue weighted by Crippen LogP contribution is 2.24. The smallest absolute Gasteiger partial charge is 0.293 e. The van der Waals surface area contributed by atoms with Crippen molar-refractivity contribution in [3.63, 3.8) is 0 Å². The molecule has 12 nitrogen and oxygen atoms in total. The summed E-state index contributed by atoms with van der Waals surface area (Å²) in [5.41, 5.74) is 9.50. The van der Waals surface area contributed by atoms with Crippen LogP contribution in [0.1, 0.15) is 27.3 Å². The van der Waals surface area contributed by atoms with Crippen LogP contribution in [0.25, 0.3) is 5.82 Å². The number of amides is 1. The second-order valence-corrected chi connectivity index (χ2v) is 7.04. The van der Waals surface area contributed by atoms with Gasteiger partial charge in [-0.3, -0.25) is 4.79 Å². The summed E-state index contributed by atoms with van der Waals surface area (Å²) in [4.78, 5) is 12.5. The molecule has 0 radical (unpaired) electrons. The van der Waals surface area contributed by atoms with Crippen molar-refractivity contribution >= 4 is 17.9 Å². The molecule has 0 saturated carbocycles. The Morgan fingerprint density at radius 2 is 2.03 bits per heavy atom. The number of methoxy groups -OCH3 is 1. The van der Waals surface area contributed by atoms with E-state index in [-0.39, 0.29) is 29.7 Å². The maximum absolute atomic E-state index is 13.8. The summed E-state index contributed by atoms with van der Waals surface area (Å²) < 4.78 is 43.4. The average molecular weight is 484 g/mol. The molecule has 35 heavy (non-hydrogen) atoms. The molecule has 14 heteroatoms. The van der Waals surface area contributed by atoms with Crippen molar-refractivity contribution in [3.05, 3.63) is 70.5 Å². The topological polar surface area (TPSA) is 156 Å². The van der Waals surface area contributed by atoms with E-state index in [0.717, 1.165) is 12.1 Å². The lowest BCUT2D eigenvalue weighted by Crippen LogP contribution is -2.19. The molecule has 0 atom stereocenters. The van der Waals surface area contributed by atoms with Crippen molar-refractivity contribution in [2.75, 3.05) is 12.8 Å². The van der Waals surface area contributed by atoms with Crippen LogP contribution >= 0.6 is 0 Å². The Labute approximate surface area is 196 Å². The number of benzene rings is 2. The predicted octanol–water partition coefficient (Wildman–Crippen LogP) is 2.17. The molecule has 0 saturated heterocycles. The van der Waals surface area contributed by atoms with Gasteiger partial charge in [0.1, 0.15) is 18.2 Å². The van der Waals surface area contributed by atoms with Crippen LogP contribution in [0.2, 0.25) is 0 Å². The maximum Gasteiger partial charge on any atom is 0.293 e. The summed E-state index contributed by atoms with van der Waals surface area (Å²) in [5.74, 6) is -1.67. The second-order valence-electron chi connectivity index (χ2n) is 7.04. The van der Waals surface area contributed by atoms with Gasteiger partial charge in [-0.1, -0.05) is 5.21 Å². The highest BCUT2D eigenvalue weighted by Gasteiger charge is 2.20. The lowest BCUT2D eigenvalue weighted by atomic mass is 10.1. The van der Waals surface area contributed by atoms with Crippen molar-refractivity contribution in [2.24, 2.45) is 5.10 Å². The largest absolute Gasteiger partial charge is 0.496 e. The molecule has 2 aromatic heterocycles. The van der Waals surface area contributed by atoms with Gasteiger partial charge >= 0.3 is 0 Å². The minimum absolute atomic E-state index is 0.00491. The van der Waals surface area contributed by atoms with Crippen molar-refractivity contribution in [3.8, 4) is 17.3 Å². The Kier molecular flexibility index (Phi) is 6.62. The highest BCUT2D eigenvalue weighted by molar-refractivity contribution is 5.94. The summed E-state index contributed by atoms with van der Waals surface area (Å²) >= 11 is 0. The summed E-state index contributed by atoms with van der Waals surface area (Å²) in [6.07, 6.45) is 1.39. The predicted molar refractivity (Wildman–Crippen MR) is 117 cm³/mol. The summed E-state index contributed by atoms with van der Waals surface area (Å²) in [5, 5.41) is 18.6. The second kappa shape index (κ2) is 9.94. The third-order valence-corrected chi connectivity index (χ3v) is 4.77. The maximum atomic E-state index is 13.8. The molecule has 3 N–H and O–H groups in total. The molecular weight excluding hydrogens is 466 g/mol. The number of aromatic nitrogens is 5. The number of nitrogens with one attached hydrogen (secondary N) is 1. The van der Waals surface area contributed by atoms with Gasteiger partial charge in [-0.15, -0.1) is 5.10 Å². The van der Waals surface area contributed by atoms with Crippen molar-refractivity contribution in [1.29, 1.82) is 0 Å². The molecule has 1 amide bonds. The molecule has 0 aliphatic heterocycles. The first kappa shape index (κ1) is 23.3. The zero-order valence-electron chi connectivity index (χ0n) is 18.4. The van der Waals surface area contributed by atoms with E-state index >= 15 is 0 Å². The first-order valence-corrected chi connectivity index (χ1v) is 9.96. The normalized spacial score (nSPS) is 11.1. The molecule has 0 aliphatic carbocycles. The van der Waals surface area contributed by atoms with Crippen LogP contribution in [0.4, 0.5) is 14.6 Å². The fraction of sp³-hybridized carbons (Fsp3) is 0.143. The molecule has 4 rings (SSSR count). The van der Waals surface area contributed by atoms with Gasteiger partial charge in [-0.05, 0) is 53.1 Å². The first-order chi connectivity index (χ1) is 16.9. The zero-order chi connectivity index (χ0) is 24.9. The first-order valence-electron chi connectivity index (χ1n) is 9.96. The van der Waals surface area contributed by atoms with Crippen LogP contribution in [0.15, 0.2) is 46.1 Å². The van der Waals surface area contributed by atoms with E-state index in [1.165, 1.54) is 24.1 Å². The van der Waals surface area contributed by atoms with Crippen LogP contribution in [-0.4, -0.2) is 44.5 Å². The van der Waals surface area contributed by atoms with E-state index in [1.54, 1.807) is 25.1 Å². The van der Waals surface area contributed by atoms with E-state index in [0.29, 0.717) is 22.6 Å². The Morgan fingerprint density at radius 1 is 1.23 bits per heavy atom. The summed E-state index contributed by atoms with van der Waals surface area (Å²) in [6.45, 7) is 1.54. The standard InChI is InChI=1S/C21H18F2N8O4/c1-11-18(26-30-31(11)20-19(24)28-35-29-20)21(32)27-25-9-12-3-5-16(33-2)13(7-12)10-34-17-6-4-14(22)8-15(17)23/h3-9H,10H2,1-2H3,(H2,24,28)(H,27,32). The Morgan fingerprint density at radius 3 is 2.74 bits per heavy atom.